The molecule has 5 rings (SSSR count). The van der Waals surface area contributed by atoms with Crippen LogP contribution in [0.1, 0.15) is 33.1 Å². The minimum Gasteiger partial charge on any atom is -0.399 e. The maximum absolute atomic E-state index is 12.1. The summed E-state index contributed by atoms with van der Waals surface area (Å²) in [6, 6.07) is 16.0. The van der Waals surface area contributed by atoms with Crippen LogP contribution in [-0.2, 0) is 4.79 Å². The van der Waals surface area contributed by atoms with Gasteiger partial charge in [0.05, 0.1) is 0 Å². The molecule has 0 spiro atoms. The predicted octanol–water partition coefficient (Wildman–Crippen LogP) is 3.78. The van der Waals surface area contributed by atoms with Crippen molar-refractivity contribution in [3.63, 3.8) is 0 Å². The number of amides is 3. The molecule has 0 atom stereocenters. The molecule has 8 nitrogen and oxygen atoms in total. The van der Waals surface area contributed by atoms with Gasteiger partial charge in [0.1, 0.15) is 0 Å². The summed E-state index contributed by atoms with van der Waals surface area (Å²) in [7, 11) is 0. The largest absolute Gasteiger partial charge is 0.399 e. The summed E-state index contributed by atoms with van der Waals surface area (Å²) in [5.41, 5.74) is 9.94. The zero-order valence-electron chi connectivity index (χ0n) is 21.7. The molecule has 2 aromatic carbocycles. The number of rotatable bonds is 5. The van der Waals surface area contributed by atoms with Gasteiger partial charge >= 0.3 is 6.03 Å². The van der Waals surface area contributed by atoms with Crippen LogP contribution in [0.5, 0.6) is 0 Å². The van der Waals surface area contributed by atoms with Crippen LogP contribution in [0.15, 0.2) is 48.5 Å². The first-order valence-electron chi connectivity index (χ1n) is 13.3. The monoisotopic (exact) mass is 492 g/mol. The van der Waals surface area contributed by atoms with Gasteiger partial charge < -0.3 is 15.5 Å². The zero-order chi connectivity index (χ0) is 25.5. The Morgan fingerprint density at radius 2 is 1.28 bits per heavy atom. The Bertz CT molecular complexity index is 994. The molecule has 0 saturated carbocycles. The summed E-state index contributed by atoms with van der Waals surface area (Å²) in [6.45, 7) is 12.0. The van der Waals surface area contributed by atoms with Gasteiger partial charge in [-0.1, -0.05) is 13.8 Å². The molecule has 3 saturated heterocycles. The van der Waals surface area contributed by atoms with Crippen molar-refractivity contribution in [3.8, 4) is 0 Å². The molecular formula is C28H40N6O2. The standard InChI is InChI=1S/C26H34N6O2.C2H6/c27-21-1-3-22(4-2-21)30-12-9-20(10-13-30)19-29-15-17-31(18-16-29)23-5-7-24(8-6-23)32-14-11-25(33)28-26(32)34;1-2/h1-8,20H,9-19,27H2,(H,28,33,34);1-2H3. The van der Waals surface area contributed by atoms with E-state index in [0.29, 0.717) is 13.0 Å². The van der Waals surface area contributed by atoms with E-state index in [4.69, 9.17) is 5.73 Å². The van der Waals surface area contributed by atoms with Gasteiger partial charge in [0.25, 0.3) is 0 Å². The van der Waals surface area contributed by atoms with Gasteiger partial charge in [-0.15, -0.1) is 0 Å². The van der Waals surface area contributed by atoms with Crippen molar-refractivity contribution >= 4 is 34.7 Å². The molecule has 3 amide bonds. The normalized spacial score (nSPS) is 19.6. The maximum atomic E-state index is 12.1. The molecule has 2 aromatic rings. The fourth-order valence-electron chi connectivity index (χ4n) is 5.27. The van der Waals surface area contributed by atoms with Crippen molar-refractivity contribution in [3.05, 3.63) is 48.5 Å². The van der Waals surface area contributed by atoms with E-state index in [1.54, 1.807) is 4.90 Å². The van der Waals surface area contributed by atoms with Crippen molar-refractivity contribution in [2.75, 3.05) is 72.8 Å². The molecule has 3 fully saturated rings. The van der Waals surface area contributed by atoms with Crippen LogP contribution in [0, 0.1) is 5.92 Å². The van der Waals surface area contributed by atoms with Gasteiger partial charge in [0.2, 0.25) is 5.91 Å². The third-order valence-electron chi connectivity index (χ3n) is 7.34. The Kier molecular flexibility index (Phi) is 8.70. The summed E-state index contributed by atoms with van der Waals surface area (Å²) in [4.78, 5) is 32.6. The number of urea groups is 1. The Morgan fingerprint density at radius 1 is 0.750 bits per heavy atom. The molecule has 3 aliphatic heterocycles. The van der Waals surface area contributed by atoms with Crippen LogP contribution < -0.4 is 25.8 Å². The molecule has 0 bridgehead atoms. The number of benzene rings is 2. The molecule has 0 aliphatic carbocycles. The Hall–Kier alpha value is -3.26. The zero-order valence-corrected chi connectivity index (χ0v) is 21.7. The van der Waals surface area contributed by atoms with Crippen LogP contribution >= 0.6 is 0 Å². The molecule has 3 N–H and O–H groups in total. The molecule has 8 heteroatoms. The number of nitrogens with one attached hydrogen (secondary N) is 1. The lowest BCUT2D eigenvalue weighted by Gasteiger charge is -2.40. The smallest absolute Gasteiger partial charge is 0.328 e. The van der Waals surface area contributed by atoms with Crippen molar-refractivity contribution in [1.82, 2.24) is 10.2 Å². The lowest BCUT2D eigenvalue weighted by molar-refractivity contribution is -0.120. The van der Waals surface area contributed by atoms with E-state index in [1.165, 1.54) is 30.8 Å². The summed E-state index contributed by atoms with van der Waals surface area (Å²) in [5, 5.41) is 2.38. The predicted molar refractivity (Wildman–Crippen MR) is 148 cm³/mol. The van der Waals surface area contributed by atoms with E-state index < -0.39 is 0 Å². The third kappa shape index (κ3) is 6.29. The third-order valence-corrected chi connectivity index (χ3v) is 7.34. The Morgan fingerprint density at radius 3 is 1.86 bits per heavy atom. The van der Waals surface area contributed by atoms with E-state index >= 15 is 0 Å². The number of nitrogen functional groups attached to an aromatic ring is 1. The van der Waals surface area contributed by atoms with Crippen molar-refractivity contribution < 1.29 is 9.59 Å². The topological polar surface area (TPSA) is 85.2 Å². The molecule has 36 heavy (non-hydrogen) atoms. The minimum atomic E-state index is -0.336. The van der Waals surface area contributed by atoms with Crippen LogP contribution in [-0.4, -0.2) is 69.2 Å². The van der Waals surface area contributed by atoms with Gasteiger partial charge in [-0.25, -0.2) is 4.79 Å². The van der Waals surface area contributed by atoms with Crippen molar-refractivity contribution in [2.45, 2.75) is 33.1 Å². The van der Waals surface area contributed by atoms with Crippen molar-refractivity contribution in [2.24, 2.45) is 5.92 Å². The number of hydrogen-bond donors (Lipinski definition) is 2. The summed E-state index contributed by atoms with van der Waals surface area (Å²) >= 11 is 0. The maximum Gasteiger partial charge on any atom is 0.328 e. The van der Waals surface area contributed by atoms with Gasteiger partial charge in [-0.05, 0) is 67.3 Å². The summed E-state index contributed by atoms with van der Waals surface area (Å²) in [6.07, 6.45) is 2.82. The molecule has 0 aromatic heterocycles. The van der Waals surface area contributed by atoms with Crippen LogP contribution in [0.2, 0.25) is 0 Å². The second kappa shape index (κ2) is 12.1. The lowest BCUT2D eigenvalue weighted by atomic mass is 9.95. The van der Waals surface area contributed by atoms with E-state index in [-0.39, 0.29) is 11.9 Å². The van der Waals surface area contributed by atoms with Gasteiger partial charge in [0.15, 0.2) is 0 Å². The van der Waals surface area contributed by atoms with Crippen LogP contribution in [0.4, 0.5) is 27.5 Å². The fourth-order valence-corrected chi connectivity index (χ4v) is 5.27. The molecule has 194 valence electrons. The van der Waals surface area contributed by atoms with Crippen LogP contribution in [0.3, 0.4) is 0 Å². The highest BCUT2D eigenvalue weighted by atomic mass is 16.2. The number of piperidine rings is 1. The number of carbonyl (C=O) groups is 2. The number of imide groups is 1. The average molecular weight is 493 g/mol. The molecule has 0 unspecified atom stereocenters. The molecule has 3 heterocycles. The first-order valence-corrected chi connectivity index (χ1v) is 13.3. The number of carbonyl (C=O) groups excluding carboxylic acids is 2. The summed E-state index contributed by atoms with van der Waals surface area (Å²) < 4.78 is 0. The van der Waals surface area contributed by atoms with Crippen LogP contribution in [0.25, 0.3) is 0 Å². The first kappa shape index (κ1) is 25.8. The quantitative estimate of drug-likeness (QED) is 0.618. The fraction of sp³-hybridized carbons (Fsp3) is 0.500. The highest BCUT2D eigenvalue weighted by Gasteiger charge is 2.26. The molecule has 0 radical (unpaired) electrons. The molecular weight excluding hydrogens is 452 g/mol. The highest BCUT2D eigenvalue weighted by Crippen LogP contribution is 2.26. The number of hydrogen-bond acceptors (Lipinski definition) is 6. The summed E-state index contributed by atoms with van der Waals surface area (Å²) in [5.74, 6) is 0.557. The number of anilines is 4. The van der Waals surface area contributed by atoms with Gasteiger partial charge in [-0.2, -0.15) is 0 Å². The highest BCUT2D eigenvalue weighted by molar-refractivity contribution is 6.05. The number of nitrogens with zero attached hydrogens (tertiary/aromatic N) is 4. The second-order valence-electron chi connectivity index (χ2n) is 9.58. The Balaban J connectivity index is 0.00000148. The average Bonchev–Trinajstić information content (AvgIpc) is 2.92. The number of nitrogens with two attached hydrogens (primary N) is 1. The lowest BCUT2D eigenvalue weighted by Crippen LogP contribution is -2.49. The second-order valence-corrected chi connectivity index (χ2v) is 9.58. The van der Waals surface area contributed by atoms with Gasteiger partial charge in [0, 0.05) is 81.5 Å². The minimum absolute atomic E-state index is 0.205. The van der Waals surface area contributed by atoms with E-state index in [2.05, 4.69) is 44.3 Å². The SMILES string of the molecule is CC.Nc1ccc(N2CCC(CN3CCN(c4ccc(N5CCC(=O)NC5=O)cc4)CC3)CC2)cc1. The first-order chi connectivity index (χ1) is 17.5. The van der Waals surface area contributed by atoms with E-state index in [0.717, 1.165) is 56.6 Å². The molecule has 3 aliphatic rings. The van der Waals surface area contributed by atoms with Gasteiger partial charge in [-0.3, -0.25) is 19.9 Å². The number of piperazine rings is 1. The Labute approximate surface area is 215 Å². The van der Waals surface area contributed by atoms with E-state index in [9.17, 15) is 9.59 Å². The van der Waals surface area contributed by atoms with Crippen molar-refractivity contribution in [1.29, 1.82) is 0 Å². The van der Waals surface area contributed by atoms with E-state index in [1.807, 2.05) is 38.1 Å².